The minimum absolute atomic E-state index is 0.574. The summed E-state index contributed by atoms with van der Waals surface area (Å²) in [6, 6.07) is 9.93. The minimum atomic E-state index is 0.574. The van der Waals surface area contributed by atoms with Crippen molar-refractivity contribution in [1.82, 2.24) is 24.5 Å². The summed E-state index contributed by atoms with van der Waals surface area (Å²) < 4.78 is 4.31. The van der Waals surface area contributed by atoms with Crippen molar-refractivity contribution < 1.29 is 0 Å². The Morgan fingerprint density at radius 2 is 1.95 bits per heavy atom. The third-order valence-electron chi connectivity index (χ3n) is 3.16. The predicted molar refractivity (Wildman–Crippen MR) is 75.7 cm³/mol. The van der Waals surface area contributed by atoms with Crippen LogP contribution in [0.3, 0.4) is 0 Å². The average molecular weight is 271 g/mol. The lowest BCUT2D eigenvalue weighted by atomic mass is 10.2. The molecule has 1 N–H and O–H groups in total. The van der Waals surface area contributed by atoms with Gasteiger partial charge in [-0.25, -0.2) is 0 Å². The zero-order valence-corrected chi connectivity index (χ0v) is 11.5. The molecule has 0 unspecified atom stereocenters. The summed E-state index contributed by atoms with van der Waals surface area (Å²) in [7, 11) is 1.91. The van der Waals surface area contributed by atoms with E-state index in [2.05, 4.69) is 15.3 Å². The summed E-state index contributed by atoms with van der Waals surface area (Å²) in [5.41, 5.74) is 3.00. The second-order valence-electron chi connectivity index (χ2n) is 4.29. The monoisotopic (exact) mass is 271 g/mol. The lowest BCUT2D eigenvalue weighted by molar-refractivity contribution is 0.740. The Kier molecular flexibility index (Phi) is 2.79. The molecular formula is C13H13N5S. The Bertz CT molecular complexity index is 766. The van der Waals surface area contributed by atoms with Gasteiger partial charge in [-0.05, 0) is 31.3 Å². The van der Waals surface area contributed by atoms with Gasteiger partial charge in [0.15, 0.2) is 10.6 Å². The quantitative estimate of drug-likeness (QED) is 0.729. The van der Waals surface area contributed by atoms with Crippen LogP contribution in [0, 0.1) is 11.7 Å². The first-order chi connectivity index (χ1) is 9.18. The summed E-state index contributed by atoms with van der Waals surface area (Å²) in [4.78, 5) is 0. The molecule has 0 aliphatic carbocycles. The molecule has 0 bridgehead atoms. The minimum Gasteiger partial charge on any atom is -0.272 e. The highest BCUT2D eigenvalue weighted by molar-refractivity contribution is 7.71. The number of para-hydroxylation sites is 1. The van der Waals surface area contributed by atoms with Gasteiger partial charge in [-0.3, -0.25) is 14.3 Å². The summed E-state index contributed by atoms with van der Waals surface area (Å²) in [5.74, 6) is 0.779. The van der Waals surface area contributed by atoms with Crippen LogP contribution in [-0.2, 0) is 7.05 Å². The molecule has 1 aromatic carbocycles. The standard InChI is InChI=1S/C13H13N5S/c1-9-11(8-14-17(9)2)12-15-16-13(19)18(12)10-6-4-3-5-7-10/h3-8H,1-2H3,(H,16,19). The second kappa shape index (κ2) is 4.47. The van der Waals surface area contributed by atoms with Gasteiger partial charge in [-0.2, -0.15) is 10.2 Å². The van der Waals surface area contributed by atoms with Gasteiger partial charge in [0, 0.05) is 18.4 Å². The summed E-state index contributed by atoms with van der Waals surface area (Å²) >= 11 is 5.32. The number of hydrogen-bond acceptors (Lipinski definition) is 3. The number of hydrogen-bond donors (Lipinski definition) is 1. The highest BCUT2D eigenvalue weighted by atomic mass is 32.1. The topological polar surface area (TPSA) is 51.4 Å². The molecule has 0 aliphatic rings. The number of benzene rings is 1. The van der Waals surface area contributed by atoms with E-state index in [1.807, 2.05) is 53.6 Å². The van der Waals surface area contributed by atoms with E-state index in [4.69, 9.17) is 12.2 Å². The van der Waals surface area contributed by atoms with Crippen LogP contribution in [0.5, 0.6) is 0 Å². The zero-order chi connectivity index (χ0) is 13.4. The van der Waals surface area contributed by atoms with Gasteiger partial charge < -0.3 is 0 Å². The Morgan fingerprint density at radius 1 is 1.21 bits per heavy atom. The third-order valence-corrected chi connectivity index (χ3v) is 3.44. The van der Waals surface area contributed by atoms with Crippen molar-refractivity contribution in [1.29, 1.82) is 0 Å². The maximum absolute atomic E-state index is 5.32. The van der Waals surface area contributed by atoms with E-state index in [-0.39, 0.29) is 0 Å². The van der Waals surface area contributed by atoms with Crippen LogP contribution in [0.1, 0.15) is 5.69 Å². The Balaban J connectivity index is 2.25. The maximum Gasteiger partial charge on any atom is 0.200 e. The lowest BCUT2D eigenvalue weighted by Gasteiger charge is -2.06. The Labute approximate surface area is 115 Å². The van der Waals surface area contributed by atoms with Gasteiger partial charge in [0.25, 0.3) is 0 Å². The summed E-state index contributed by atoms with van der Waals surface area (Å²) in [6.45, 7) is 2.01. The molecule has 2 heterocycles. The summed E-state index contributed by atoms with van der Waals surface area (Å²) in [6.07, 6.45) is 1.81. The van der Waals surface area contributed by atoms with Crippen LogP contribution in [0.2, 0.25) is 0 Å². The molecular weight excluding hydrogens is 258 g/mol. The van der Waals surface area contributed by atoms with Crippen LogP contribution >= 0.6 is 12.2 Å². The first-order valence-electron chi connectivity index (χ1n) is 5.90. The van der Waals surface area contributed by atoms with Crippen molar-refractivity contribution in [3.05, 3.63) is 47.0 Å². The number of H-pyrrole nitrogens is 1. The molecule has 3 aromatic rings. The molecule has 0 aliphatic heterocycles. The third kappa shape index (κ3) is 1.90. The Morgan fingerprint density at radius 3 is 2.58 bits per heavy atom. The molecule has 2 aromatic heterocycles. The van der Waals surface area contributed by atoms with Crippen molar-refractivity contribution in [3.63, 3.8) is 0 Å². The molecule has 0 saturated carbocycles. The van der Waals surface area contributed by atoms with Crippen LogP contribution in [0.15, 0.2) is 36.5 Å². The van der Waals surface area contributed by atoms with E-state index in [1.165, 1.54) is 0 Å². The average Bonchev–Trinajstić information content (AvgIpc) is 2.95. The van der Waals surface area contributed by atoms with Gasteiger partial charge >= 0.3 is 0 Å². The van der Waals surface area contributed by atoms with E-state index >= 15 is 0 Å². The fourth-order valence-electron chi connectivity index (χ4n) is 2.01. The van der Waals surface area contributed by atoms with E-state index in [0.29, 0.717) is 4.77 Å². The molecule has 5 nitrogen and oxygen atoms in total. The van der Waals surface area contributed by atoms with Gasteiger partial charge in [-0.15, -0.1) is 0 Å². The normalized spacial score (nSPS) is 10.8. The predicted octanol–water partition coefficient (Wildman–Crippen LogP) is 2.64. The van der Waals surface area contributed by atoms with Crippen LogP contribution in [-0.4, -0.2) is 24.5 Å². The van der Waals surface area contributed by atoms with Crippen LogP contribution in [0.4, 0.5) is 0 Å². The van der Waals surface area contributed by atoms with Crippen molar-refractivity contribution in [3.8, 4) is 17.1 Å². The molecule has 6 heteroatoms. The highest BCUT2D eigenvalue weighted by Gasteiger charge is 2.15. The van der Waals surface area contributed by atoms with Crippen LogP contribution in [0.25, 0.3) is 17.1 Å². The zero-order valence-electron chi connectivity index (χ0n) is 10.7. The number of rotatable bonds is 2. The SMILES string of the molecule is Cc1c(-c2n[nH]c(=S)n2-c2ccccc2)cnn1C. The Hall–Kier alpha value is -2.21. The molecule has 3 rings (SSSR count). The van der Waals surface area contributed by atoms with E-state index in [1.54, 1.807) is 6.20 Å². The van der Waals surface area contributed by atoms with Crippen molar-refractivity contribution >= 4 is 12.2 Å². The van der Waals surface area contributed by atoms with Crippen molar-refractivity contribution in [2.45, 2.75) is 6.92 Å². The largest absolute Gasteiger partial charge is 0.272 e. The molecule has 96 valence electrons. The molecule has 0 radical (unpaired) electrons. The van der Waals surface area contributed by atoms with Crippen molar-refractivity contribution in [2.24, 2.45) is 7.05 Å². The van der Waals surface area contributed by atoms with Gasteiger partial charge in [-0.1, -0.05) is 18.2 Å². The smallest absolute Gasteiger partial charge is 0.200 e. The number of aromatic amines is 1. The molecule has 0 fully saturated rings. The number of aromatic nitrogens is 5. The highest BCUT2D eigenvalue weighted by Crippen LogP contribution is 2.23. The molecule has 0 amide bonds. The van der Waals surface area contributed by atoms with E-state index in [9.17, 15) is 0 Å². The number of aryl methyl sites for hydroxylation is 1. The lowest BCUT2D eigenvalue weighted by Crippen LogP contribution is -1.99. The van der Waals surface area contributed by atoms with Gasteiger partial charge in [0.2, 0.25) is 0 Å². The summed E-state index contributed by atoms with van der Waals surface area (Å²) in [5, 5.41) is 11.4. The van der Waals surface area contributed by atoms with Gasteiger partial charge in [0.05, 0.1) is 11.8 Å². The second-order valence-corrected chi connectivity index (χ2v) is 4.68. The first-order valence-corrected chi connectivity index (χ1v) is 6.31. The number of nitrogens with zero attached hydrogens (tertiary/aromatic N) is 4. The molecule has 0 atom stereocenters. The van der Waals surface area contributed by atoms with Gasteiger partial charge in [0.1, 0.15) is 0 Å². The fraction of sp³-hybridized carbons (Fsp3) is 0.154. The fourth-order valence-corrected chi connectivity index (χ4v) is 2.25. The maximum atomic E-state index is 5.32. The van der Waals surface area contributed by atoms with E-state index < -0.39 is 0 Å². The molecule has 0 spiro atoms. The number of nitrogens with one attached hydrogen (secondary N) is 1. The van der Waals surface area contributed by atoms with E-state index in [0.717, 1.165) is 22.8 Å². The first kappa shape index (κ1) is 11.9. The van der Waals surface area contributed by atoms with Crippen molar-refractivity contribution in [2.75, 3.05) is 0 Å². The molecule has 19 heavy (non-hydrogen) atoms. The van der Waals surface area contributed by atoms with Crippen LogP contribution < -0.4 is 0 Å². The molecule has 0 saturated heterocycles.